The van der Waals surface area contributed by atoms with Gasteiger partial charge in [-0.2, -0.15) is 13.2 Å². The number of nitrogens with zero attached hydrogens (tertiary/aromatic N) is 3. The van der Waals surface area contributed by atoms with E-state index < -0.39 is 12.1 Å². The molecule has 9 nitrogen and oxygen atoms in total. The van der Waals surface area contributed by atoms with Gasteiger partial charge in [0.25, 0.3) is 5.91 Å². The van der Waals surface area contributed by atoms with Gasteiger partial charge in [-0.1, -0.05) is 12.1 Å². The number of aliphatic carboxylic acids is 1. The number of benzene rings is 1. The largest absolute Gasteiger partial charge is 0.490 e. The van der Waals surface area contributed by atoms with Gasteiger partial charge in [-0.3, -0.25) is 9.69 Å². The SMILES string of the molecule is CC1(C)COc2cccc(CN3CCC4(CC3)CCN(C(=O)c3ccnc(N)c3)CC4)c2O1.O=C(O)C(F)(F)F. The number of piperidine rings is 2. The second kappa shape index (κ2) is 11.5. The van der Waals surface area contributed by atoms with E-state index in [9.17, 15) is 18.0 Å². The molecule has 0 bridgehead atoms. The summed E-state index contributed by atoms with van der Waals surface area (Å²) in [5.74, 6) is -0.546. The number of carbonyl (C=O) groups excluding carboxylic acids is 1. The lowest BCUT2D eigenvalue weighted by Crippen LogP contribution is -2.48. The zero-order chi connectivity index (χ0) is 29.1. The Labute approximate surface area is 231 Å². The molecule has 2 aromatic rings. The number of carboxylic acids is 1. The predicted octanol–water partition coefficient (Wildman–Crippen LogP) is 4.37. The highest BCUT2D eigenvalue weighted by Gasteiger charge is 2.39. The van der Waals surface area contributed by atoms with E-state index in [0.29, 0.717) is 23.4 Å². The number of carboxylic acid groups (broad SMARTS) is 1. The van der Waals surface area contributed by atoms with Gasteiger partial charge in [-0.05, 0) is 76.2 Å². The summed E-state index contributed by atoms with van der Waals surface area (Å²) in [4.78, 5) is 30.2. The number of pyridine rings is 1. The minimum Gasteiger partial charge on any atom is -0.486 e. The lowest BCUT2D eigenvalue weighted by atomic mass is 9.71. The molecule has 3 aliphatic heterocycles. The number of hydrogen-bond acceptors (Lipinski definition) is 7. The number of carbonyl (C=O) groups is 2. The number of anilines is 1. The molecular weight excluding hydrogens is 529 g/mol. The third-order valence-corrected chi connectivity index (χ3v) is 7.71. The van der Waals surface area contributed by atoms with Crippen molar-refractivity contribution in [2.75, 3.05) is 38.5 Å². The number of para-hydroxylation sites is 1. The first-order chi connectivity index (χ1) is 18.8. The first-order valence-electron chi connectivity index (χ1n) is 13.2. The maximum Gasteiger partial charge on any atom is 0.490 e. The lowest BCUT2D eigenvalue weighted by Gasteiger charge is -2.47. The summed E-state index contributed by atoms with van der Waals surface area (Å²) < 4.78 is 44.0. The van der Waals surface area contributed by atoms with Gasteiger partial charge in [0, 0.05) is 37.0 Å². The van der Waals surface area contributed by atoms with Crippen LogP contribution in [-0.4, -0.2) is 76.3 Å². The zero-order valence-corrected chi connectivity index (χ0v) is 22.7. The molecule has 2 fully saturated rings. The second-order valence-corrected chi connectivity index (χ2v) is 11.2. The Morgan fingerprint density at radius 2 is 1.70 bits per heavy atom. The maximum absolute atomic E-state index is 12.9. The molecule has 5 rings (SSSR count). The third kappa shape index (κ3) is 7.15. The Hall–Kier alpha value is -3.54. The van der Waals surface area contributed by atoms with Crippen LogP contribution in [0.15, 0.2) is 36.5 Å². The number of aromatic nitrogens is 1. The highest BCUT2D eigenvalue weighted by Crippen LogP contribution is 2.43. The molecule has 12 heteroatoms. The molecule has 1 spiro atoms. The van der Waals surface area contributed by atoms with Crippen molar-refractivity contribution >= 4 is 17.7 Å². The van der Waals surface area contributed by atoms with Gasteiger partial charge >= 0.3 is 12.1 Å². The van der Waals surface area contributed by atoms with Crippen LogP contribution in [0.3, 0.4) is 0 Å². The number of nitrogens with two attached hydrogens (primary N) is 1. The molecule has 40 heavy (non-hydrogen) atoms. The predicted molar refractivity (Wildman–Crippen MR) is 141 cm³/mol. The number of halogens is 3. The smallest absolute Gasteiger partial charge is 0.486 e. The van der Waals surface area contributed by atoms with Gasteiger partial charge < -0.3 is 25.2 Å². The molecule has 3 aliphatic rings. The normalized spacial score (nSPS) is 19.9. The molecule has 1 aromatic heterocycles. The number of alkyl halides is 3. The fourth-order valence-electron chi connectivity index (χ4n) is 5.35. The Balaban J connectivity index is 0.000000470. The minimum absolute atomic E-state index is 0.0652. The van der Waals surface area contributed by atoms with E-state index in [1.165, 1.54) is 18.4 Å². The third-order valence-electron chi connectivity index (χ3n) is 7.71. The number of hydrogen-bond donors (Lipinski definition) is 2. The van der Waals surface area contributed by atoms with Crippen molar-refractivity contribution in [1.29, 1.82) is 0 Å². The average molecular weight is 565 g/mol. The van der Waals surface area contributed by atoms with Crippen LogP contribution in [0.5, 0.6) is 11.5 Å². The molecule has 0 aliphatic carbocycles. The van der Waals surface area contributed by atoms with E-state index >= 15 is 0 Å². The number of nitrogen functional groups attached to an aromatic ring is 1. The van der Waals surface area contributed by atoms with Crippen molar-refractivity contribution in [1.82, 2.24) is 14.8 Å². The van der Waals surface area contributed by atoms with Crippen LogP contribution >= 0.6 is 0 Å². The Morgan fingerprint density at radius 3 is 2.30 bits per heavy atom. The van der Waals surface area contributed by atoms with Gasteiger partial charge in [0.2, 0.25) is 0 Å². The number of likely N-dealkylation sites (tertiary alicyclic amines) is 2. The van der Waals surface area contributed by atoms with Crippen LogP contribution in [0.25, 0.3) is 0 Å². The van der Waals surface area contributed by atoms with Gasteiger partial charge in [-0.25, -0.2) is 9.78 Å². The van der Waals surface area contributed by atoms with Gasteiger partial charge in [0.15, 0.2) is 11.5 Å². The van der Waals surface area contributed by atoms with Crippen LogP contribution < -0.4 is 15.2 Å². The highest BCUT2D eigenvalue weighted by atomic mass is 19.4. The van der Waals surface area contributed by atoms with E-state index in [1.807, 2.05) is 11.0 Å². The summed E-state index contributed by atoms with van der Waals surface area (Å²) in [6, 6.07) is 9.63. The molecule has 0 saturated carbocycles. The molecular formula is C28H35F3N4O5. The van der Waals surface area contributed by atoms with E-state index in [-0.39, 0.29) is 11.5 Å². The summed E-state index contributed by atoms with van der Waals surface area (Å²) in [6.07, 6.45) is 1.01. The number of fused-ring (bicyclic) bond motifs is 1. The standard InChI is InChI=1S/C26H34N4O3.C2HF3O2/c1-25(2)18-32-21-5-3-4-20(23(21)33-25)17-29-12-7-26(8-13-29)9-14-30(15-10-26)24(31)19-6-11-28-22(27)16-19;3-2(4,5)1(6)7/h3-6,11,16H,7-10,12-15,17-18H2,1-2H3,(H2,27,28);(H,6,7). The first kappa shape index (κ1) is 29.4. The average Bonchev–Trinajstić information content (AvgIpc) is 2.90. The minimum atomic E-state index is -5.08. The number of rotatable bonds is 3. The number of ether oxygens (including phenoxy) is 2. The molecule has 218 valence electrons. The molecule has 1 amide bonds. The Bertz CT molecular complexity index is 1220. The van der Waals surface area contributed by atoms with Gasteiger partial charge in [0.05, 0.1) is 0 Å². The zero-order valence-electron chi connectivity index (χ0n) is 22.7. The van der Waals surface area contributed by atoms with Crippen molar-refractivity contribution in [3.05, 3.63) is 47.7 Å². The molecule has 4 heterocycles. The topological polar surface area (TPSA) is 118 Å². The summed E-state index contributed by atoms with van der Waals surface area (Å²) in [5, 5.41) is 7.12. The molecule has 1 aromatic carbocycles. The lowest BCUT2D eigenvalue weighted by molar-refractivity contribution is -0.192. The van der Waals surface area contributed by atoms with Crippen molar-refractivity contribution in [3.63, 3.8) is 0 Å². The quantitative estimate of drug-likeness (QED) is 0.565. The van der Waals surface area contributed by atoms with Crippen molar-refractivity contribution in [3.8, 4) is 11.5 Å². The molecule has 0 radical (unpaired) electrons. The van der Waals surface area contributed by atoms with Gasteiger partial charge in [-0.15, -0.1) is 0 Å². The van der Waals surface area contributed by atoms with Crippen molar-refractivity contribution < 1.29 is 37.3 Å². The van der Waals surface area contributed by atoms with Crippen LogP contribution in [0.1, 0.15) is 55.5 Å². The summed E-state index contributed by atoms with van der Waals surface area (Å²) in [6.45, 7) is 9.36. The summed E-state index contributed by atoms with van der Waals surface area (Å²) >= 11 is 0. The van der Waals surface area contributed by atoms with Crippen LogP contribution in [0.4, 0.5) is 19.0 Å². The van der Waals surface area contributed by atoms with E-state index in [2.05, 4.69) is 35.9 Å². The highest BCUT2D eigenvalue weighted by molar-refractivity contribution is 5.94. The van der Waals surface area contributed by atoms with Crippen LogP contribution in [0, 0.1) is 5.41 Å². The maximum atomic E-state index is 12.9. The molecule has 2 saturated heterocycles. The van der Waals surface area contributed by atoms with Crippen LogP contribution in [-0.2, 0) is 11.3 Å². The first-order valence-corrected chi connectivity index (χ1v) is 13.2. The molecule has 3 N–H and O–H groups in total. The van der Waals surface area contributed by atoms with Crippen molar-refractivity contribution in [2.24, 2.45) is 5.41 Å². The van der Waals surface area contributed by atoms with E-state index in [4.69, 9.17) is 25.1 Å². The Morgan fingerprint density at radius 1 is 1.07 bits per heavy atom. The molecule has 0 unspecified atom stereocenters. The summed E-state index contributed by atoms with van der Waals surface area (Å²) in [5.41, 5.74) is 7.64. The van der Waals surface area contributed by atoms with Crippen molar-refractivity contribution in [2.45, 2.75) is 57.9 Å². The fourth-order valence-corrected chi connectivity index (χ4v) is 5.35. The molecule has 0 atom stereocenters. The van der Waals surface area contributed by atoms with Crippen LogP contribution in [0.2, 0.25) is 0 Å². The second-order valence-electron chi connectivity index (χ2n) is 11.2. The number of amides is 1. The van der Waals surface area contributed by atoms with Gasteiger partial charge in [0.1, 0.15) is 18.0 Å². The monoisotopic (exact) mass is 564 g/mol. The van der Waals surface area contributed by atoms with E-state index in [0.717, 1.165) is 57.1 Å². The fraction of sp³-hybridized carbons (Fsp3) is 0.536. The Kier molecular flexibility index (Phi) is 8.48. The van der Waals surface area contributed by atoms with E-state index in [1.54, 1.807) is 18.3 Å². The summed E-state index contributed by atoms with van der Waals surface area (Å²) in [7, 11) is 0.